The predicted molar refractivity (Wildman–Crippen MR) is 84.4 cm³/mol. The number of ether oxygens (including phenoxy) is 1. The van der Waals surface area contributed by atoms with E-state index in [0.29, 0.717) is 16.5 Å². The number of esters is 1. The van der Waals surface area contributed by atoms with Crippen molar-refractivity contribution in [1.82, 2.24) is 0 Å². The third kappa shape index (κ3) is 3.86. The first-order valence-corrected chi connectivity index (χ1v) is 7.14. The van der Waals surface area contributed by atoms with Crippen molar-refractivity contribution < 1.29 is 18.7 Å². The molecule has 1 heterocycles. The van der Waals surface area contributed by atoms with Gasteiger partial charge >= 0.3 is 5.97 Å². The molecule has 1 aromatic carbocycles. The van der Waals surface area contributed by atoms with E-state index < -0.39 is 5.97 Å². The normalized spacial score (nSPS) is 11.3. The van der Waals surface area contributed by atoms with Crippen LogP contribution in [0.1, 0.15) is 19.6 Å². The first-order valence-electron chi connectivity index (χ1n) is 6.76. The van der Waals surface area contributed by atoms with E-state index in [0.717, 1.165) is 5.56 Å². The summed E-state index contributed by atoms with van der Waals surface area (Å²) in [7, 11) is 0. The van der Waals surface area contributed by atoms with E-state index in [1.165, 1.54) is 13.0 Å². The molecule has 0 aliphatic carbocycles. The first-order chi connectivity index (χ1) is 10.5. The van der Waals surface area contributed by atoms with Gasteiger partial charge in [0.2, 0.25) is 0 Å². The van der Waals surface area contributed by atoms with Gasteiger partial charge < -0.3 is 9.15 Å². The number of carbonyl (C=O) groups is 2. The highest BCUT2D eigenvalue weighted by molar-refractivity contribution is 6.30. The number of rotatable bonds is 5. The molecule has 0 saturated carbocycles. The van der Waals surface area contributed by atoms with Crippen LogP contribution in [0.25, 0.3) is 17.4 Å². The van der Waals surface area contributed by atoms with Gasteiger partial charge in [-0.15, -0.1) is 0 Å². The number of halogens is 1. The van der Waals surface area contributed by atoms with Crippen LogP contribution >= 0.6 is 11.6 Å². The molecule has 4 nitrogen and oxygen atoms in total. The van der Waals surface area contributed by atoms with Gasteiger partial charge in [-0.1, -0.05) is 11.6 Å². The molecule has 2 rings (SSSR count). The van der Waals surface area contributed by atoms with Crippen molar-refractivity contribution in [2.24, 2.45) is 0 Å². The Balaban J connectivity index is 2.29. The molecule has 114 valence electrons. The number of furan rings is 1. The molecule has 0 aliphatic heterocycles. The minimum atomic E-state index is -0.653. The Morgan fingerprint density at radius 2 is 1.86 bits per heavy atom. The first kappa shape index (κ1) is 16.0. The van der Waals surface area contributed by atoms with Crippen LogP contribution in [0, 0.1) is 0 Å². The van der Waals surface area contributed by atoms with Gasteiger partial charge in [0.1, 0.15) is 17.1 Å². The molecule has 2 aromatic rings. The molecule has 1 aromatic heterocycles. The van der Waals surface area contributed by atoms with Crippen LogP contribution in [-0.2, 0) is 14.3 Å². The zero-order valence-electron chi connectivity index (χ0n) is 12.3. The summed E-state index contributed by atoms with van der Waals surface area (Å²) in [4.78, 5) is 23.3. The lowest BCUT2D eigenvalue weighted by atomic mass is 10.1. The third-order valence-corrected chi connectivity index (χ3v) is 3.17. The molecule has 0 unspecified atom stereocenters. The minimum Gasteiger partial charge on any atom is -0.462 e. The second kappa shape index (κ2) is 7.09. The molecule has 0 N–H and O–H groups in total. The van der Waals surface area contributed by atoms with E-state index in [1.807, 2.05) is 12.1 Å². The minimum absolute atomic E-state index is 0.0427. The van der Waals surface area contributed by atoms with E-state index in [1.54, 1.807) is 31.2 Å². The average Bonchev–Trinajstić information content (AvgIpc) is 2.94. The fourth-order valence-corrected chi connectivity index (χ4v) is 1.98. The van der Waals surface area contributed by atoms with Crippen LogP contribution in [-0.4, -0.2) is 18.4 Å². The van der Waals surface area contributed by atoms with Gasteiger partial charge in [-0.2, -0.15) is 0 Å². The van der Waals surface area contributed by atoms with E-state index in [-0.39, 0.29) is 18.0 Å². The lowest BCUT2D eigenvalue weighted by Crippen LogP contribution is -2.13. The summed E-state index contributed by atoms with van der Waals surface area (Å²) in [5.74, 6) is 0.000200. The zero-order chi connectivity index (χ0) is 16.1. The van der Waals surface area contributed by atoms with Crippen molar-refractivity contribution >= 4 is 29.4 Å². The quantitative estimate of drug-likeness (QED) is 0.360. The van der Waals surface area contributed by atoms with Crippen molar-refractivity contribution in [2.45, 2.75) is 13.8 Å². The number of benzene rings is 1. The number of Topliss-reactive ketones (excluding diaryl/α,β-unsaturated/α-hetero) is 1. The summed E-state index contributed by atoms with van der Waals surface area (Å²) in [5, 5.41) is 0.636. The maximum absolute atomic E-state index is 11.7. The van der Waals surface area contributed by atoms with Gasteiger partial charge in [-0.25, -0.2) is 4.79 Å². The molecule has 0 saturated heterocycles. The maximum Gasteiger partial charge on any atom is 0.341 e. The highest BCUT2D eigenvalue weighted by Gasteiger charge is 2.16. The molecule has 0 bridgehead atoms. The van der Waals surface area contributed by atoms with E-state index in [9.17, 15) is 9.59 Å². The summed E-state index contributed by atoms with van der Waals surface area (Å²) in [6, 6.07) is 10.6. The van der Waals surface area contributed by atoms with Crippen molar-refractivity contribution in [3.63, 3.8) is 0 Å². The largest absolute Gasteiger partial charge is 0.462 e. The Hall–Kier alpha value is -2.33. The average molecular weight is 319 g/mol. The predicted octanol–water partition coefficient (Wildman–Crippen LogP) is 4.14. The molecule has 0 spiro atoms. The Labute approximate surface area is 133 Å². The number of ketones is 1. The smallest absolute Gasteiger partial charge is 0.341 e. The van der Waals surface area contributed by atoms with Crippen LogP contribution in [0.5, 0.6) is 0 Å². The van der Waals surface area contributed by atoms with Gasteiger partial charge in [-0.3, -0.25) is 4.79 Å². The highest BCUT2D eigenvalue weighted by Crippen LogP contribution is 2.25. The Bertz CT molecular complexity index is 711. The van der Waals surface area contributed by atoms with Crippen LogP contribution in [0.15, 0.2) is 46.4 Å². The maximum atomic E-state index is 11.7. The molecule has 22 heavy (non-hydrogen) atoms. The summed E-state index contributed by atoms with van der Waals surface area (Å²) < 4.78 is 10.5. The van der Waals surface area contributed by atoms with Crippen molar-refractivity contribution in [3.8, 4) is 11.3 Å². The van der Waals surface area contributed by atoms with Crippen molar-refractivity contribution in [1.29, 1.82) is 0 Å². The van der Waals surface area contributed by atoms with Crippen molar-refractivity contribution in [3.05, 3.63) is 52.8 Å². The van der Waals surface area contributed by atoms with Gasteiger partial charge in [0.15, 0.2) is 5.78 Å². The molecule has 0 amide bonds. The Morgan fingerprint density at radius 1 is 1.18 bits per heavy atom. The fourth-order valence-electron chi connectivity index (χ4n) is 1.86. The van der Waals surface area contributed by atoms with Crippen LogP contribution < -0.4 is 0 Å². The second-order valence-electron chi connectivity index (χ2n) is 4.54. The molecule has 5 heteroatoms. The van der Waals surface area contributed by atoms with Gasteiger partial charge in [0, 0.05) is 10.6 Å². The van der Waals surface area contributed by atoms with Gasteiger partial charge in [0.05, 0.1) is 6.61 Å². The molecule has 0 radical (unpaired) electrons. The number of carbonyl (C=O) groups excluding carboxylic acids is 2. The molecule has 0 aliphatic rings. The summed E-state index contributed by atoms with van der Waals surface area (Å²) in [6.07, 6.45) is 1.39. The Kier molecular flexibility index (Phi) is 5.17. The van der Waals surface area contributed by atoms with Crippen molar-refractivity contribution in [2.75, 3.05) is 6.61 Å². The lowest BCUT2D eigenvalue weighted by molar-refractivity contribution is -0.139. The highest BCUT2D eigenvalue weighted by atomic mass is 35.5. The molecule has 0 fully saturated rings. The summed E-state index contributed by atoms with van der Waals surface area (Å²) in [6.45, 7) is 3.20. The lowest BCUT2D eigenvalue weighted by Gasteiger charge is -2.02. The van der Waals surface area contributed by atoms with Crippen LogP contribution in [0.4, 0.5) is 0 Å². The summed E-state index contributed by atoms with van der Waals surface area (Å²) in [5.41, 5.74) is 0.809. The molecule has 0 atom stereocenters. The fraction of sp³-hybridized carbons (Fsp3) is 0.176. The monoisotopic (exact) mass is 318 g/mol. The Morgan fingerprint density at radius 3 is 2.45 bits per heavy atom. The number of hydrogen-bond donors (Lipinski definition) is 0. The third-order valence-electron chi connectivity index (χ3n) is 2.92. The zero-order valence-corrected chi connectivity index (χ0v) is 13.0. The van der Waals surface area contributed by atoms with E-state index >= 15 is 0 Å². The van der Waals surface area contributed by atoms with Gasteiger partial charge in [0.25, 0.3) is 0 Å². The van der Waals surface area contributed by atoms with E-state index in [4.69, 9.17) is 20.8 Å². The summed E-state index contributed by atoms with van der Waals surface area (Å²) >= 11 is 5.84. The van der Waals surface area contributed by atoms with Crippen LogP contribution in [0.3, 0.4) is 0 Å². The SMILES string of the molecule is CCOC(=O)C(=Cc1ccc(-c2ccc(Cl)cc2)o1)C(C)=O. The number of hydrogen-bond acceptors (Lipinski definition) is 4. The second-order valence-corrected chi connectivity index (χ2v) is 4.98. The molecular formula is C17H15ClO4. The standard InChI is InChI=1S/C17H15ClO4/c1-3-21-17(20)15(11(2)19)10-14-8-9-16(22-14)12-4-6-13(18)7-5-12/h4-10H,3H2,1-2H3. The van der Waals surface area contributed by atoms with Crippen LogP contribution in [0.2, 0.25) is 5.02 Å². The molecular weight excluding hydrogens is 304 g/mol. The topological polar surface area (TPSA) is 56.5 Å². The van der Waals surface area contributed by atoms with E-state index in [2.05, 4.69) is 0 Å². The van der Waals surface area contributed by atoms with Gasteiger partial charge in [-0.05, 0) is 56.3 Å².